The van der Waals surface area contributed by atoms with Crippen molar-refractivity contribution in [3.63, 3.8) is 0 Å². The molecule has 0 fully saturated rings. The van der Waals surface area contributed by atoms with Crippen molar-refractivity contribution in [1.82, 2.24) is 25.2 Å². The van der Waals surface area contributed by atoms with Gasteiger partial charge in [-0.25, -0.2) is 18.1 Å². The zero-order valence-electron chi connectivity index (χ0n) is 13.1. The van der Waals surface area contributed by atoms with E-state index in [1.807, 2.05) is 6.07 Å². The van der Waals surface area contributed by atoms with Gasteiger partial charge in [0.25, 0.3) is 0 Å². The van der Waals surface area contributed by atoms with Gasteiger partial charge in [0.05, 0.1) is 29.1 Å². The van der Waals surface area contributed by atoms with Gasteiger partial charge >= 0.3 is 0 Å². The number of amides is 1. The van der Waals surface area contributed by atoms with Gasteiger partial charge in [-0.15, -0.1) is 0 Å². The molecule has 0 spiro atoms. The molecule has 0 radical (unpaired) electrons. The van der Waals surface area contributed by atoms with Crippen molar-refractivity contribution in [3.8, 4) is 6.07 Å². The molecule has 0 saturated heterocycles. The summed E-state index contributed by atoms with van der Waals surface area (Å²) in [5.41, 5.74) is 0.349. The third kappa shape index (κ3) is 4.37. The Balaban J connectivity index is 1.93. The minimum atomic E-state index is -3.83. The largest absolute Gasteiger partial charge is 0.345 e. The molecule has 3 N–H and O–H groups in total. The highest BCUT2D eigenvalue weighted by atomic mass is 32.2. The first kappa shape index (κ1) is 17.6. The van der Waals surface area contributed by atoms with Crippen LogP contribution in [0.2, 0.25) is 0 Å². The summed E-state index contributed by atoms with van der Waals surface area (Å²) >= 11 is 0. The first-order valence-electron chi connectivity index (χ1n) is 7.00. The lowest BCUT2D eigenvalue weighted by Crippen LogP contribution is -2.38. The van der Waals surface area contributed by atoms with E-state index in [-0.39, 0.29) is 4.90 Å². The van der Waals surface area contributed by atoms with Crippen LogP contribution in [0, 0.1) is 18.3 Å². The Morgan fingerprint density at radius 2 is 2.04 bits per heavy atom. The van der Waals surface area contributed by atoms with Crippen molar-refractivity contribution in [2.24, 2.45) is 0 Å². The van der Waals surface area contributed by atoms with E-state index in [1.54, 1.807) is 13.8 Å². The average molecular weight is 348 g/mol. The van der Waals surface area contributed by atoms with Gasteiger partial charge in [0.15, 0.2) is 5.82 Å². The lowest BCUT2D eigenvalue weighted by molar-refractivity contribution is -0.120. The third-order valence-electron chi connectivity index (χ3n) is 3.10. The molecule has 0 aliphatic heterocycles. The van der Waals surface area contributed by atoms with Crippen molar-refractivity contribution in [2.45, 2.75) is 24.8 Å². The fraction of sp³-hybridized carbons (Fsp3) is 0.286. The van der Waals surface area contributed by atoms with Gasteiger partial charge < -0.3 is 5.32 Å². The molecule has 2 rings (SSSR count). The first-order valence-corrected chi connectivity index (χ1v) is 8.48. The fourth-order valence-corrected chi connectivity index (χ4v) is 2.85. The van der Waals surface area contributed by atoms with Crippen LogP contribution in [0.3, 0.4) is 0 Å². The van der Waals surface area contributed by atoms with Crippen LogP contribution in [0.4, 0.5) is 0 Å². The number of hydrogen-bond donors (Lipinski definition) is 3. The van der Waals surface area contributed by atoms with Gasteiger partial charge in [0, 0.05) is 0 Å². The van der Waals surface area contributed by atoms with Gasteiger partial charge in [0.1, 0.15) is 5.82 Å². The number of carbonyl (C=O) groups excluding carboxylic acids is 1. The third-order valence-corrected chi connectivity index (χ3v) is 4.51. The lowest BCUT2D eigenvalue weighted by Gasteiger charge is -2.11. The maximum atomic E-state index is 12.1. The SMILES string of the molecule is Cc1nc(C(C)NC(=O)CNS(=O)(=O)c2ccc(C#N)cc2)n[nH]1. The Morgan fingerprint density at radius 3 is 2.58 bits per heavy atom. The van der Waals surface area contributed by atoms with Crippen LogP contribution in [0.1, 0.15) is 30.2 Å². The smallest absolute Gasteiger partial charge is 0.241 e. The Hall–Kier alpha value is -2.77. The van der Waals surface area contributed by atoms with E-state index in [0.717, 1.165) is 0 Å². The average Bonchev–Trinajstić information content (AvgIpc) is 3.00. The lowest BCUT2D eigenvalue weighted by atomic mass is 10.2. The van der Waals surface area contributed by atoms with E-state index in [4.69, 9.17) is 5.26 Å². The van der Waals surface area contributed by atoms with E-state index in [0.29, 0.717) is 17.2 Å². The fourth-order valence-electron chi connectivity index (χ4n) is 1.86. The van der Waals surface area contributed by atoms with E-state index in [9.17, 15) is 13.2 Å². The van der Waals surface area contributed by atoms with Crippen LogP contribution in [-0.4, -0.2) is 36.1 Å². The number of sulfonamides is 1. The molecule has 1 unspecified atom stereocenters. The highest BCUT2D eigenvalue weighted by molar-refractivity contribution is 7.89. The van der Waals surface area contributed by atoms with Crippen LogP contribution in [0.25, 0.3) is 0 Å². The summed E-state index contributed by atoms with van der Waals surface area (Å²) in [6.07, 6.45) is 0. The molecule has 1 heterocycles. The summed E-state index contributed by atoms with van der Waals surface area (Å²) in [6, 6.07) is 6.83. The first-order chi connectivity index (χ1) is 11.3. The zero-order chi connectivity index (χ0) is 17.7. The molecule has 1 aromatic heterocycles. The molecule has 126 valence electrons. The molecule has 10 heteroatoms. The van der Waals surface area contributed by atoms with Crippen molar-refractivity contribution >= 4 is 15.9 Å². The van der Waals surface area contributed by atoms with Crippen molar-refractivity contribution in [1.29, 1.82) is 5.26 Å². The number of nitrogens with zero attached hydrogens (tertiary/aromatic N) is 3. The minimum absolute atomic E-state index is 0.0214. The second-order valence-electron chi connectivity index (χ2n) is 5.03. The molecule has 0 saturated carbocycles. The molecule has 1 amide bonds. The number of nitriles is 1. The predicted molar refractivity (Wildman–Crippen MR) is 84.0 cm³/mol. The molecule has 0 aliphatic carbocycles. The second kappa shape index (κ2) is 7.20. The van der Waals surface area contributed by atoms with Gasteiger partial charge in [-0.3, -0.25) is 9.89 Å². The number of benzene rings is 1. The van der Waals surface area contributed by atoms with Crippen LogP contribution in [0.5, 0.6) is 0 Å². The normalized spacial score (nSPS) is 12.4. The Bertz CT molecular complexity index is 867. The number of aromatic nitrogens is 3. The quantitative estimate of drug-likeness (QED) is 0.678. The van der Waals surface area contributed by atoms with Crippen LogP contribution in [0.15, 0.2) is 29.2 Å². The summed E-state index contributed by atoms with van der Waals surface area (Å²) in [7, 11) is -3.83. The number of hydrogen-bond acceptors (Lipinski definition) is 6. The minimum Gasteiger partial charge on any atom is -0.345 e. The summed E-state index contributed by atoms with van der Waals surface area (Å²) < 4.78 is 26.4. The second-order valence-corrected chi connectivity index (χ2v) is 6.80. The topological polar surface area (TPSA) is 141 Å². The molecule has 0 bridgehead atoms. The molecule has 0 aliphatic rings. The number of aryl methyl sites for hydroxylation is 1. The van der Waals surface area contributed by atoms with Crippen molar-refractivity contribution in [3.05, 3.63) is 41.5 Å². The number of aromatic amines is 1. The van der Waals surface area contributed by atoms with E-state index < -0.39 is 28.5 Å². The number of carbonyl (C=O) groups is 1. The van der Waals surface area contributed by atoms with Crippen LogP contribution in [-0.2, 0) is 14.8 Å². The predicted octanol–water partition coefficient (Wildman–Crippen LogP) is 0.140. The summed E-state index contributed by atoms with van der Waals surface area (Å²) in [6.45, 7) is 3.00. The molecule has 24 heavy (non-hydrogen) atoms. The molecular formula is C14H16N6O3S. The van der Waals surface area contributed by atoms with Gasteiger partial charge in [-0.1, -0.05) is 0 Å². The Morgan fingerprint density at radius 1 is 1.38 bits per heavy atom. The van der Waals surface area contributed by atoms with Gasteiger partial charge in [-0.2, -0.15) is 10.4 Å². The van der Waals surface area contributed by atoms with Crippen LogP contribution < -0.4 is 10.0 Å². The summed E-state index contributed by atoms with van der Waals surface area (Å²) in [5.74, 6) is 0.519. The highest BCUT2D eigenvalue weighted by Crippen LogP contribution is 2.10. The maximum Gasteiger partial charge on any atom is 0.241 e. The number of rotatable bonds is 6. The molecular weight excluding hydrogens is 332 g/mol. The maximum absolute atomic E-state index is 12.1. The van der Waals surface area contributed by atoms with Gasteiger partial charge in [-0.05, 0) is 38.1 Å². The zero-order valence-corrected chi connectivity index (χ0v) is 13.9. The highest BCUT2D eigenvalue weighted by Gasteiger charge is 2.18. The Labute approximate surface area is 139 Å². The van der Waals surface area contributed by atoms with Crippen molar-refractivity contribution in [2.75, 3.05) is 6.54 Å². The summed E-state index contributed by atoms with van der Waals surface area (Å²) in [4.78, 5) is 15.9. The number of H-pyrrole nitrogens is 1. The van der Waals surface area contributed by atoms with E-state index in [2.05, 4.69) is 25.2 Å². The molecule has 1 atom stereocenters. The standard InChI is InChI=1S/C14H16N6O3S/c1-9(14-18-10(2)19-20-14)17-13(21)8-16-24(22,23)12-5-3-11(7-15)4-6-12/h3-6,9,16H,8H2,1-2H3,(H,17,21)(H,18,19,20). The van der Waals surface area contributed by atoms with E-state index in [1.165, 1.54) is 24.3 Å². The molecule has 9 nitrogen and oxygen atoms in total. The number of nitrogens with one attached hydrogen (secondary N) is 3. The summed E-state index contributed by atoms with van der Waals surface area (Å²) in [5, 5.41) is 17.9. The molecule has 2 aromatic rings. The monoisotopic (exact) mass is 348 g/mol. The van der Waals surface area contributed by atoms with Crippen molar-refractivity contribution < 1.29 is 13.2 Å². The van der Waals surface area contributed by atoms with Gasteiger partial charge in [0.2, 0.25) is 15.9 Å². The Kier molecular flexibility index (Phi) is 5.28. The van der Waals surface area contributed by atoms with E-state index >= 15 is 0 Å². The van der Waals surface area contributed by atoms with Crippen LogP contribution >= 0.6 is 0 Å². The molecule has 1 aromatic carbocycles.